The summed E-state index contributed by atoms with van der Waals surface area (Å²) in [7, 11) is -3.89. The van der Waals surface area contributed by atoms with Gasteiger partial charge in [-0.15, -0.1) is 0 Å². The maximum absolute atomic E-state index is 12.4. The Labute approximate surface area is 172 Å². The summed E-state index contributed by atoms with van der Waals surface area (Å²) in [4.78, 5) is 35.4. The van der Waals surface area contributed by atoms with Gasteiger partial charge in [0, 0.05) is 30.0 Å². The van der Waals surface area contributed by atoms with Crippen molar-refractivity contribution in [3.05, 3.63) is 72.3 Å². The zero-order valence-electron chi connectivity index (χ0n) is 15.8. The van der Waals surface area contributed by atoms with Crippen molar-refractivity contribution in [2.45, 2.75) is 11.8 Å². The summed E-state index contributed by atoms with van der Waals surface area (Å²) in [5, 5.41) is 2.52. The molecule has 154 valence electrons. The van der Waals surface area contributed by atoms with Gasteiger partial charge >= 0.3 is 5.97 Å². The zero-order chi connectivity index (χ0) is 21.6. The molecular weight excluding hydrogens is 410 g/mol. The van der Waals surface area contributed by atoms with Crippen molar-refractivity contribution in [3.63, 3.8) is 0 Å². The van der Waals surface area contributed by atoms with Crippen molar-refractivity contribution < 1.29 is 22.7 Å². The molecule has 0 saturated heterocycles. The average Bonchev–Trinajstić information content (AvgIpc) is 2.73. The fraction of sp³-hybridized carbons (Fsp3) is 0.105. The van der Waals surface area contributed by atoms with Crippen LogP contribution in [0.4, 0.5) is 11.6 Å². The molecule has 0 atom stereocenters. The molecule has 3 rings (SSSR count). The minimum atomic E-state index is -3.89. The van der Waals surface area contributed by atoms with Crippen LogP contribution in [0.25, 0.3) is 0 Å². The fourth-order valence-electron chi connectivity index (χ4n) is 2.29. The molecule has 2 aromatic heterocycles. The van der Waals surface area contributed by atoms with E-state index in [1.807, 2.05) is 0 Å². The van der Waals surface area contributed by atoms with E-state index in [-0.39, 0.29) is 16.4 Å². The molecule has 0 aliphatic rings. The number of sulfonamides is 1. The smallest absolute Gasteiger partial charge is 0.338 e. The summed E-state index contributed by atoms with van der Waals surface area (Å²) in [5.74, 6) is -1.26. The Morgan fingerprint density at radius 3 is 2.37 bits per heavy atom. The Morgan fingerprint density at radius 2 is 1.70 bits per heavy atom. The van der Waals surface area contributed by atoms with Crippen LogP contribution in [-0.2, 0) is 19.6 Å². The van der Waals surface area contributed by atoms with Gasteiger partial charge in [0.15, 0.2) is 6.61 Å². The van der Waals surface area contributed by atoms with Gasteiger partial charge in [0.05, 0.1) is 10.5 Å². The molecule has 30 heavy (non-hydrogen) atoms. The minimum absolute atomic E-state index is 0.0327. The summed E-state index contributed by atoms with van der Waals surface area (Å²) >= 11 is 0. The first-order valence-electron chi connectivity index (χ1n) is 8.63. The number of rotatable bonds is 7. The van der Waals surface area contributed by atoms with Gasteiger partial charge in [-0.25, -0.2) is 27.9 Å². The highest BCUT2D eigenvalue weighted by atomic mass is 32.2. The van der Waals surface area contributed by atoms with E-state index in [2.05, 4.69) is 25.0 Å². The van der Waals surface area contributed by atoms with Gasteiger partial charge in [-0.3, -0.25) is 9.78 Å². The molecule has 0 unspecified atom stereocenters. The minimum Gasteiger partial charge on any atom is -0.452 e. The number of aromatic nitrogens is 3. The molecule has 2 N–H and O–H groups in total. The second-order valence-corrected chi connectivity index (χ2v) is 7.69. The van der Waals surface area contributed by atoms with Crippen LogP contribution in [0.15, 0.2) is 66.0 Å². The second kappa shape index (κ2) is 9.09. The maximum Gasteiger partial charge on any atom is 0.338 e. The molecule has 0 radical (unpaired) electrons. The number of ether oxygens (including phenoxy) is 1. The molecule has 2 heterocycles. The predicted molar refractivity (Wildman–Crippen MR) is 107 cm³/mol. The first-order valence-corrected chi connectivity index (χ1v) is 10.1. The lowest BCUT2D eigenvalue weighted by Crippen LogP contribution is -2.21. The molecule has 0 spiro atoms. The van der Waals surface area contributed by atoms with Crippen molar-refractivity contribution in [2.75, 3.05) is 16.6 Å². The molecule has 0 bridgehead atoms. The van der Waals surface area contributed by atoms with Crippen LogP contribution >= 0.6 is 0 Å². The number of nitrogens with zero attached hydrogens (tertiary/aromatic N) is 3. The first kappa shape index (κ1) is 20.9. The normalized spacial score (nSPS) is 10.8. The standard InChI is InChI=1S/C19H17N5O5S/c1-13-6-11-21-19(22-13)24-30(27,28)16-4-2-15(3-5-16)23-17(25)12-29-18(26)14-7-9-20-10-8-14/h2-11H,12H2,1H3,(H,23,25)(H,21,22,24). The average molecular weight is 427 g/mol. The summed E-state index contributed by atoms with van der Waals surface area (Å²) in [6, 6.07) is 10.0. The van der Waals surface area contributed by atoms with Gasteiger partial charge in [0.1, 0.15) is 0 Å². The number of hydrogen-bond donors (Lipinski definition) is 2. The molecular formula is C19H17N5O5S. The lowest BCUT2D eigenvalue weighted by molar-refractivity contribution is -0.119. The molecule has 0 aliphatic carbocycles. The van der Waals surface area contributed by atoms with Gasteiger partial charge in [-0.2, -0.15) is 0 Å². The number of esters is 1. The molecule has 0 fully saturated rings. The largest absolute Gasteiger partial charge is 0.452 e. The number of benzene rings is 1. The van der Waals surface area contributed by atoms with Gasteiger partial charge in [-0.05, 0) is 49.4 Å². The maximum atomic E-state index is 12.4. The van der Waals surface area contributed by atoms with E-state index < -0.39 is 28.5 Å². The fourth-order valence-corrected chi connectivity index (χ4v) is 3.25. The molecule has 1 aromatic carbocycles. The Balaban J connectivity index is 1.57. The highest BCUT2D eigenvalue weighted by Gasteiger charge is 2.16. The Bertz CT molecular complexity index is 1150. The highest BCUT2D eigenvalue weighted by Crippen LogP contribution is 2.16. The monoisotopic (exact) mass is 427 g/mol. The Hall–Kier alpha value is -3.86. The first-order chi connectivity index (χ1) is 14.3. The summed E-state index contributed by atoms with van der Waals surface area (Å²) in [6.07, 6.45) is 4.32. The summed E-state index contributed by atoms with van der Waals surface area (Å²) < 4.78 is 32.0. The van der Waals surface area contributed by atoms with Crippen molar-refractivity contribution in [1.82, 2.24) is 15.0 Å². The van der Waals surface area contributed by atoms with Crippen molar-refractivity contribution in [3.8, 4) is 0 Å². The van der Waals surface area contributed by atoms with Crippen LogP contribution in [0, 0.1) is 6.92 Å². The second-order valence-electron chi connectivity index (χ2n) is 6.01. The Morgan fingerprint density at radius 1 is 1.00 bits per heavy atom. The molecule has 11 heteroatoms. The number of anilines is 2. The van der Waals surface area contributed by atoms with Crippen LogP contribution < -0.4 is 10.0 Å². The van der Waals surface area contributed by atoms with Gasteiger partial charge < -0.3 is 10.1 Å². The van der Waals surface area contributed by atoms with Crippen LogP contribution in [-0.4, -0.2) is 41.9 Å². The van der Waals surface area contributed by atoms with E-state index in [9.17, 15) is 18.0 Å². The lowest BCUT2D eigenvalue weighted by Gasteiger charge is -2.09. The topological polar surface area (TPSA) is 140 Å². The van der Waals surface area contributed by atoms with E-state index in [1.165, 1.54) is 55.0 Å². The van der Waals surface area contributed by atoms with E-state index in [4.69, 9.17) is 4.74 Å². The summed E-state index contributed by atoms with van der Waals surface area (Å²) in [6.45, 7) is 1.22. The number of nitrogens with one attached hydrogen (secondary N) is 2. The van der Waals surface area contributed by atoms with Crippen LogP contribution in [0.3, 0.4) is 0 Å². The van der Waals surface area contributed by atoms with E-state index in [0.29, 0.717) is 11.4 Å². The van der Waals surface area contributed by atoms with E-state index in [1.54, 1.807) is 13.0 Å². The van der Waals surface area contributed by atoms with Crippen molar-refractivity contribution in [1.29, 1.82) is 0 Å². The summed E-state index contributed by atoms with van der Waals surface area (Å²) in [5.41, 5.74) is 1.23. The number of hydrogen-bond acceptors (Lipinski definition) is 8. The number of carbonyl (C=O) groups excluding carboxylic acids is 2. The highest BCUT2D eigenvalue weighted by molar-refractivity contribution is 7.92. The van der Waals surface area contributed by atoms with Gasteiger partial charge in [0.2, 0.25) is 5.95 Å². The number of amides is 1. The van der Waals surface area contributed by atoms with Crippen LogP contribution in [0.1, 0.15) is 16.1 Å². The van der Waals surface area contributed by atoms with Gasteiger partial charge in [-0.1, -0.05) is 0 Å². The zero-order valence-corrected chi connectivity index (χ0v) is 16.6. The van der Waals surface area contributed by atoms with Crippen molar-refractivity contribution in [2.24, 2.45) is 0 Å². The molecule has 10 nitrogen and oxygen atoms in total. The van der Waals surface area contributed by atoms with Crippen molar-refractivity contribution >= 4 is 33.5 Å². The number of carbonyl (C=O) groups is 2. The molecule has 0 aliphatic heterocycles. The number of pyridine rings is 1. The third-order valence-corrected chi connectivity index (χ3v) is 5.06. The quantitative estimate of drug-likeness (QED) is 0.544. The van der Waals surface area contributed by atoms with Gasteiger partial charge in [0.25, 0.3) is 15.9 Å². The molecule has 3 aromatic rings. The van der Waals surface area contributed by atoms with E-state index in [0.717, 1.165) is 0 Å². The third-order valence-electron chi connectivity index (χ3n) is 3.72. The molecule has 0 saturated carbocycles. The third kappa shape index (κ3) is 5.58. The SMILES string of the molecule is Cc1ccnc(NS(=O)(=O)c2ccc(NC(=O)COC(=O)c3ccncc3)cc2)n1. The van der Waals surface area contributed by atoms with E-state index >= 15 is 0 Å². The lowest BCUT2D eigenvalue weighted by atomic mass is 10.3. The van der Waals surface area contributed by atoms with Crippen LogP contribution in [0.2, 0.25) is 0 Å². The van der Waals surface area contributed by atoms with Crippen LogP contribution in [0.5, 0.6) is 0 Å². The molecule has 1 amide bonds. The Kier molecular flexibility index (Phi) is 6.32. The number of aryl methyl sites for hydroxylation is 1. The predicted octanol–water partition coefficient (Wildman–Crippen LogP) is 1.78.